The van der Waals surface area contributed by atoms with Crippen LogP contribution in [0.15, 0.2) is 18.5 Å². The number of hydrogen-bond donors (Lipinski definition) is 3. The number of hydrogen-bond acceptors (Lipinski definition) is 3. The maximum atomic E-state index is 11.5. The van der Waals surface area contributed by atoms with Gasteiger partial charge in [0, 0.05) is 18.9 Å². The van der Waals surface area contributed by atoms with Crippen LogP contribution in [0.1, 0.15) is 32.4 Å². The molecule has 0 saturated heterocycles. The average Bonchev–Trinajstić information content (AvgIpc) is 2.69. The summed E-state index contributed by atoms with van der Waals surface area (Å²) < 4.78 is 5.16. The van der Waals surface area contributed by atoms with E-state index in [1.165, 1.54) is 0 Å². The van der Waals surface area contributed by atoms with Gasteiger partial charge in [0.2, 0.25) is 0 Å². The Balaban J connectivity index is 2.41. The number of amides is 1. The first-order valence-electron chi connectivity index (χ1n) is 5.69. The molecule has 0 saturated carbocycles. The van der Waals surface area contributed by atoms with E-state index in [0.717, 1.165) is 5.56 Å². The molecule has 17 heavy (non-hydrogen) atoms. The first-order chi connectivity index (χ1) is 7.92. The van der Waals surface area contributed by atoms with Crippen molar-refractivity contribution >= 4 is 6.09 Å². The van der Waals surface area contributed by atoms with Gasteiger partial charge in [0.1, 0.15) is 5.60 Å². The maximum absolute atomic E-state index is 11.5. The second-order valence-corrected chi connectivity index (χ2v) is 4.87. The Labute approximate surface area is 102 Å². The van der Waals surface area contributed by atoms with Crippen molar-refractivity contribution in [2.75, 3.05) is 13.6 Å². The predicted octanol–water partition coefficient (Wildman–Crippen LogP) is 1.80. The van der Waals surface area contributed by atoms with Crippen LogP contribution >= 0.6 is 0 Å². The smallest absolute Gasteiger partial charge is 0.407 e. The third-order valence-corrected chi connectivity index (χ3v) is 2.22. The number of carbonyl (C=O) groups is 1. The van der Waals surface area contributed by atoms with Crippen LogP contribution < -0.4 is 10.6 Å². The standard InChI is InChI=1S/C12H21N3O2/c1-12(2,3)17-11(16)15-8-10(13-4)9-5-6-14-7-9/h5-7,10,13-14H,8H2,1-4H3,(H,15,16). The molecule has 0 radical (unpaired) electrons. The van der Waals surface area contributed by atoms with Crippen LogP contribution in [0.3, 0.4) is 0 Å². The van der Waals surface area contributed by atoms with Crippen molar-refractivity contribution in [3.63, 3.8) is 0 Å². The third kappa shape index (κ3) is 4.91. The number of aromatic amines is 1. The van der Waals surface area contributed by atoms with Gasteiger partial charge in [0.25, 0.3) is 0 Å². The lowest BCUT2D eigenvalue weighted by Gasteiger charge is -2.21. The summed E-state index contributed by atoms with van der Waals surface area (Å²) in [5.74, 6) is 0. The van der Waals surface area contributed by atoms with E-state index in [-0.39, 0.29) is 6.04 Å². The van der Waals surface area contributed by atoms with Gasteiger partial charge in [-0.05, 0) is 39.4 Å². The van der Waals surface area contributed by atoms with E-state index in [1.54, 1.807) is 0 Å². The minimum atomic E-state index is -0.465. The zero-order valence-electron chi connectivity index (χ0n) is 10.8. The molecule has 96 valence electrons. The Bertz CT molecular complexity index is 341. The molecule has 5 heteroatoms. The summed E-state index contributed by atoms with van der Waals surface area (Å²) in [6, 6.07) is 2.05. The molecule has 3 N–H and O–H groups in total. The molecule has 0 bridgehead atoms. The SMILES string of the molecule is CNC(CNC(=O)OC(C)(C)C)c1cc[nH]c1. The van der Waals surface area contributed by atoms with E-state index in [1.807, 2.05) is 46.3 Å². The van der Waals surface area contributed by atoms with Gasteiger partial charge in [-0.25, -0.2) is 4.79 Å². The summed E-state index contributed by atoms with van der Waals surface area (Å²) in [5.41, 5.74) is 0.636. The fraction of sp³-hybridized carbons (Fsp3) is 0.583. The van der Waals surface area contributed by atoms with Crippen molar-refractivity contribution < 1.29 is 9.53 Å². The number of ether oxygens (including phenoxy) is 1. The molecular formula is C12H21N3O2. The molecule has 0 aromatic carbocycles. The van der Waals surface area contributed by atoms with E-state index in [4.69, 9.17) is 4.74 Å². The van der Waals surface area contributed by atoms with Crippen molar-refractivity contribution in [3.05, 3.63) is 24.0 Å². The minimum Gasteiger partial charge on any atom is -0.444 e. The van der Waals surface area contributed by atoms with Crippen molar-refractivity contribution in [1.29, 1.82) is 0 Å². The number of aromatic nitrogens is 1. The molecule has 1 amide bonds. The summed E-state index contributed by atoms with van der Waals surface area (Å²) in [5, 5.41) is 5.87. The molecule has 0 aliphatic carbocycles. The maximum Gasteiger partial charge on any atom is 0.407 e. The molecule has 1 atom stereocenters. The highest BCUT2D eigenvalue weighted by molar-refractivity contribution is 5.67. The van der Waals surface area contributed by atoms with Gasteiger partial charge in [-0.15, -0.1) is 0 Å². The molecule has 1 unspecified atom stereocenters. The lowest BCUT2D eigenvalue weighted by atomic mass is 10.1. The Kier molecular flexibility index (Phi) is 4.57. The van der Waals surface area contributed by atoms with Crippen molar-refractivity contribution in [2.45, 2.75) is 32.4 Å². The molecule has 1 aromatic rings. The summed E-state index contributed by atoms with van der Waals surface area (Å²) >= 11 is 0. The van der Waals surface area contributed by atoms with Gasteiger partial charge in [0.05, 0.1) is 6.04 Å². The van der Waals surface area contributed by atoms with Crippen LogP contribution in [0.5, 0.6) is 0 Å². The highest BCUT2D eigenvalue weighted by Gasteiger charge is 2.17. The second kappa shape index (κ2) is 5.72. The van der Waals surface area contributed by atoms with Crippen LogP contribution in [0.25, 0.3) is 0 Å². The zero-order chi connectivity index (χ0) is 12.9. The average molecular weight is 239 g/mol. The van der Waals surface area contributed by atoms with E-state index >= 15 is 0 Å². The number of H-pyrrole nitrogens is 1. The van der Waals surface area contributed by atoms with E-state index < -0.39 is 11.7 Å². The van der Waals surface area contributed by atoms with Gasteiger partial charge < -0.3 is 20.4 Å². The van der Waals surface area contributed by atoms with Crippen molar-refractivity contribution in [1.82, 2.24) is 15.6 Å². The summed E-state index contributed by atoms with van der Waals surface area (Å²) in [6.07, 6.45) is 3.36. The number of alkyl carbamates (subject to hydrolysis) is 1. The van der Waals surface area contributed by atoms with E-state index in [0.29, 0.717) is 6.54 Å². The molecular weight excluding hydrogens is 218 g/mol. The first-order valence-corrected chi connectivity index (χ1v) is 5.69. The van der Waals surface area contributed by atoms with Crippen molar-refractivity contribution in [2.24, 2.45) is 0 Å². The quantitative estimate of drug-likeness (QED) is 0.750. The van der Waals surface area contributed by atoms with E-state index in [9.17, 15) is 4.79 Å². The monoisotopic (exact) mass is 239 g/mol. The van der Waals surface area contributed by atoms with Crippen molar-refractivity contribution in [3.8, 4) is 0 Å². The first kappa shape index (κ1) is 13.6. The molecule has 1 heterocycles. The molecule has 0 aliphatic heterocycles. The fourth-order valence-corrected chi connectivity index (χ4v) is 1.44. The normalized spacial score (nSPS) is 13.2. The van der Waals surface area contributed by atoms with E-state index in [2.05, 4.69) is 15.6 Å². The molecule has 1 rings (SSSR count). The molecule has 0 spiro atoms. The number of likely N-dealkylation sites (N-methyl/N-ethyl adjacent to an activating group) is 1. The predicted molar refractivity (Wildman–Crippen MR) is 66.8 cm³/mol. The Morgan fingerprint density at radius 2 is 2.24 bits per heavy atom. The van der Waals surface area contributed by atoms with Crippen LogP contribution in [-0.4, -0.2) is 30.3 Å². The number of nitrogens with one attached hydrogen (secondary N) is 3. The third-order valence-electron chi connectivity index (χ3n) is 2.22. The van der Waals surface area contributed by atoms with Gasteiger partial charge in [-0.1, -0.05) is 0 Å². The lowest BCUT2D eigenvalue weighted by Crippen LogP contribution is -2.37. The van der Waals surface area contributed by atoms with Gasteiger partial charge in [-0.3, -0.25) is 0 Å². The summed E-state index contributed by atoms with van der Waals surface area (Å²) in [4.78, 5) is 14.5. The Hall–Kier alpha value is -1.49. The largest absolute Gasteiger partial charge is 0.444 e. The molecule has 1 aromatic heterocycles. The van der Waals surface area contributed by atoms with Gasteiger partial charge >= 0.3 is 6.09 Å². The zero-order valence-corrected chi connectivity index (χ0v) is 10.8. The fourth-order valence-electron chi connectivity index (χ4n) is 1.44. The molecule has 0 fully saturated rings. The molecule has 5 nitrogen and oxygen atoms in total. The van der Waals surface area contributed by atoms with Crippen LogP contribution in [0.2, 0.25) is 0 Å². The number of carbonyl (C=O) groups excluding carboxylic acids is 1. The summed E-state index contributed by atoms with van der Waals surface area (Å²) in [7, 11) is 1.86. The van der Waals surface area contributed by atoms with Gasteiger partial charge in [-0.2, -0.15) is 0 Å². The van der Waals surface area contributed by atoms with Gasteiger partial charge in [0.15, 0.2) is 0 Å². The van der Waals surface area contributed by atoms with Crippen LogP contribution in [-0.2, 0) is 4.74 Å². The second-order valence-electron chi connectivity index (χ2n) is 4.87. The van der Waals surface area contributed by atoms with Crippen LogP contribution in [0, 0.1) is 0 Å². The summed E-state index contributed by atoms with van der Waals surface area (Å²) in [6.45, 7) is 6.01. The Morgan fingerprint density at radius 3 is 2.71 bits per heavy atom. The lowest BCUT2D eigenvalue weighted by molar-refractivity contribution is 0.0523. The highest BCUT2D eigenvalue weighted by atomic mass is 16.6. The topological polar surface area (TPSA) is 66.2 Å². The van der Waals surface area contributed by atoms with Crippen LogP contribution in [0.4, 0.5) is 4.79 Å². The minimum absolute atomic E-state index is 0.0776. The number of rotatable bonds is 4. The molecule has 0 aliphatic rings. The Morgan fingerprint density at radius 1 is 1.53 bits per heavy atom. The highest BCUT2D eigenvalue weighted by Crippen LogP contribution is 2.11.